The third-order valence-corrected chi connectivity index (χ3v) is 5.58. The number of hydrogen-bond donors (Lipinski definition) is 0. The topological polar surface area (TPSA) is 23.8 Å². The largest absolute Gasteiger partial charge is 0.206 e. The normalized spacial score (nSPS) is 10.7. The number of rotatable bonds is 5. The van der Waals surface area contributed by atoms with Crippen LogP contribution in [0.5, 0.6) is 0 Å². The lowest BCUT2D eigenvalue weighted by Crippen LogP contribution is -1.95. The Labute approximate surface area is 171 Å². The summed E-state index contributed by atoms with van der Waals surface area (Å²) in [5, 5.41) is 10.1. The van der Waals surface area contributed by atoms with Crippen LogP contribution in [0.2, 0.25) is 5.02 Å². The smallest absolute Gasteiger partial charge is 0.131 e. The quantitative estimate of drug-likeness (QED) is 0.445. The molecule has 0 fully saturated rings. The first kappa shape index (κ1) is 20.1. The molecule has 3 heteroatoms. The number of benzene rings is 3. The van der Waals surface area contributed by atoms with Crippen LogP contribution in [-0.4, -0.2) is 0 Å². The van der Waals surface area contributed by atoms with Gasteiger partial charge in [-0.3, -0.25) is 0 Å². The van der Waals surface area contributed by atoms with E-state index in [1.807, 2.05) is 43.3 Å². The molecule has 3 aromatic carbocycles. The van der Waals surface area contributed by atoms with E-state index in [0.29, 0.717) is 21.7 Å². The fraction of sp³-hybridized carbons (Fsp3) is 0.240. The second-order valence-corrected chi connectivity index (χ2v) is 7.25. The zero-order valence-electron chi connectivity index (χ0n) is 16.4. The van der Waals surface area contributed by atoms with Gasteiger partial charge in [-0.05, 0) is 72.4 Å². The van der Waals surface area contributed by atoms with Gasteiger partial charge in [-0.1, -0.05) is 44.5 Å². The van der Waals surface area contributed by atoms with Crippen molar-refractivity contribution in [1.29, 1.82) is 5.26 Å². The predicted molar refractivity (Wildman–Crippen MR) is 115 cm³/mol. The maximum atomic E-state index is 14.7. The summed E-state index contributed by atoms with van der Waals surface area (Å²) >= 11 is 6.82. The molecule has 0 spiro atoms. The standard InChI is InChI=1S/C25H23ClFN/c1-4-16-7-9-19(15-28)20(11-16)22-13-18(6-3)14-23(25(22)26)21-12-17(5-2)8-10-24(21)27/h7-14H,4-6H2,1-3H3. The van der Waals surface area contributed by atoms with Crippen LogP contribution >= 0.6 is 11.6 Å². The van der Waals surface area contributed by atoms with Crippen molar-refractivity contribution in [2.75, 3.05) is 0 Å². The summed E-state index contributed by atoms with van der Waals surface area (Å²) in [4.78, 5) is 0. The molecule has 0 aromatic heterocycles. The highest BCUT2D eigenvalue weighted by molar-refractivity contribution is 6.36. The first-order valence-electron chi connectivity index (χ1n) is 9.66. The summed E-state index contributed by atoms with van der Waals surface area (Å²) in [6, 6.07) is 17.2. The van der Waals surface area contributed by atoms with E-state index in [-0.39, 0.29) is 5.82 Å². The lowest BCUT2D eigenvalue weighted by atomic mass is 9.91. The second-order valence-electron chi connectivity index (χ2n) is 6.87. The average Bonchev–Trinajstić information content (AvgIpc) is 2.74. The number of nitrogens with zero attached hydrogens (tertiary/aromatic N) is 1. The van der Waals surface area contributed by atoms with E-state index in [4.69, 9.17) is 11.6 Å². The Hall–Kier alpha value is -2.63. The van der Waals surface area contributed by atoms with Crippen molar-refractivity contribution in [3.05, 3.63) is 81.6 Å². The van der Waals surface area contributed by atoms with Gasteiger partial charge in [-0.15, -0.1) is 0 Å². The Morgan fingerprint density at radius 3 is 1.82 bits per heavy atom. The van der Waals surface area contributed by atoms with Crippen molar-refractivity contribution in [1.82, 2.24) is 0 Å². The Morgan fingerprint density at radius 1 is 0.750 bits per heavy atom. The van der Waals surface area contributed by atoms with Crippen LogP contribution in [0.25, 0.3) is 22.3 Å². The van der Waals surface area contributed by atoms with Gasteiger partial charge >= 0.3 is 0 Å². The molecule has 0 aliphatic rings. The van der Waals surface area contributed by atoms with Gasteiger partial charge in [0.15, 0.2) is 0 Å². The van der Waals surface area contributed by atoms with Crippen LogP contribution in [0.3, 0.4) is 0 Å². The van der Waals surface area contributed by atoms with Crippen molar-refractivity contribution < 1.29 is 4.39 Å². The molecule has 0 atom stereocenters. The van der Waals surface area contributed by atoms with E-state index in [1.165, 1.54) is 6.07 Å². The van der Waals surface area contributed by atoms with Crippen LogP contribution in [0, 0.1) is 17.1 Å². The third-order valence-electron chi connectivity index (χ3n) is 5.17. The molecule has 0 aliphatic carbocycles. The monoisotopic (exact) mass is 391 g/mol. The van der Waals surface area contributed by atoms with Crippen molar-refractivity contribution in [2.24, 2.45) is 0 Å². The van der Waals surface area contributed by atoms with Crippen LogP contribution in [0.15, 0.2) is 48.5 Å². The molecule has 0 radical (unpaired) electrons. The van der Waals surface area contributed by atoms with Gasteiger partial charge in [0, 0.05) is 22.3 Å². The summed E-state index contributed by atoms with van der Waals surface area (Å²) in [7, 11) is 0. The summed E-state index contributed by atoms with van der Waals surface area (Å²) < 4.78 is 14.7. The molecule has 0 N–H and O–H groups in total. The molecule has 0 bridgehead atoms. The van der Waals surface area contributed by atoms with Crippen molar-refractivity contribution in [2.45, 2.75) is 40.0 Å². The zero-order valence-corrected chi connectivity index (χ0v) is 17.2. The zero-order chi connectivity index (χ0) is 20.3. The molecule has 3 rings (SSSR count). The summed E-state index contributed by atoms with van der Waals surface area (Å²) in [6.07, 6.45) is 2.48. The van der Waals surface area contributed by atoms with Crippen LogP contribution in [0.4, 0.5) is 4.39 Å². The van der Waals surface area contributed by atoms with E-state index in [1.54, 1.807) is 6.07 Å². The predicted octanol–water partition coefficient (Wildman–Crippen LogP) is 7.37. The van der Waals surface area contributed by atoms with E-state index in [0.717, 1.165) is 47.1 Å². The van der Waals surface area contributed by atoms with Gasteiger partial charge in [-0.25, -0.2) is 4.39 Å². The average molecular weight is 392 g/mol. The minimum Gasteiger partial charge on any atom is -0.206 e. The van der Waals surface area contributed by atoms with E-state index in [9.17, 15) is 9.65 Å². The fourth-order valence-corrected chi connectivity index (χ4v) is 3.72. The molecule has 0 heterocycles. The SMILES string of the molecule is CCc1ccc(F)c(-c2cc(CC)cc(-c3cc(CC)ccc3C#N)c2Cl)c1. The molecule has 0 unspecified atom stereocenters. The minimum absolute atomic E-state index is 0.291. The molecular formula is C25H23ClFN. The highest BCUT2D eigenvalue weighted by Crippen LogP contribution is 2.40. The first-order chi connectivity index (χ1) is 13.5. The van der Waals surface area contributed by atoms with Crippen molar-refractivity contribution in [3.63, 3.8) is 0 Å². The molecular weight excluding hydrogens is 369 g/mol. The van der Waals surface area contributed by atoms with Crippen LogP contribution in [0.1, 0.15) is 43.0 Å². The summed E-state index contributed by atoms with van der Waals surface area (Å²) in [5.41, 5.74) is 6.58. The Bertz CT molecular complexity index is 1060. The molecule has 1 nitrogen and oxygen atoms in total. The summed E-state index contributed by atoms with van der Waals surface area (Å²) in [5.74, 6) is -0.291. The second kappa shape index (κ2) is 8.59. The fourth-order valence-electron chi connectivity index (χ4n) is 3.41. The van der Waals surface area contributed by atoms with E-state index >= 15 is 0 Å². The van der Waals surface area contributed by atoms with Gasteiger partial charge < -0.3 is 0 Å². The Kier molecular flexibility index (Phi) is 6.17. The molecule has 0 aliphatic heterocycles. The van der Waals surface area contributed by atoms with E-state index < -0.39 is 0 Å². The van der Waals surface area contributed by atoms with E-state index in [2.05, 4.69) is 19.9 Å². The molecule has 0 saturated heterocycles. The first-order valence-corrected chi connectivity index (χ1v) is 10.0. The van der Waals surface area contributed by atoms with Crippen molar-refractivity contribution in [3.8, 4) is 28.3 Å². The highest BCUT2D eigenvalue weighted by atomic mass is 35.5. The maximum absolute atomic E-state index is 14.7. The number of halogens is 2. The van der Waals surface area contributed by atoms with Gasteiger partial charge in [0.05, 0.1) is 16.7 Å². The Morgan fingerprint density at radius 2 is 1.25 bits per heavy atom. The van der Waals surface area contributed by atoms with Crippen molar-refractivity contribution >= 4 is 11.6 Å². The van der Waals surface area contributed by atoms with Gasteiger partial charge in [-0.2, -0.15) is 5.26 Å². The number of nitriles is 1. The lowest BCUT2D eigenvalue weighted by molar-refractivity contribution is 0.630. The molecule has 3 aromatic rings. The van der Waals surface area contributed by atoms with Gasteiger partial charge in [0.2, 0.25) is 0 Å². The van der Waals surface area contributed by atoms with Gasteiger partial charge in [0.25, 0.3) is 0 Å². The molecule has 28 heavy (non-hydrogen) atoms. The van der Waals surface area contributed by atoms with Crippen LogP contribution < -0.4 is 0 Å². The maximum Gasteiger partial charge on any atom is 0.131 e. The minimum atomic E-state index is -0.291. The molecule has 0 saturated carbocycles. The lowest BCUT2D eigenvalue weighted by Gasteiger charge is -2.16. The third kappa shape index (κ3) is 3.81. The number of aryl methyl sites for hydroxylation is 3. The van der Waals surface area contributed by atoms with Crippen LogP contribution in [-0.2, 0) is 19.3 Å². The Balaban J connectivity index is 2.32. The highest BCUT2D eigenvalue weighted by Gasteiger charge is 2.17. The van der Waals surface area contributed by atoms with Gasteiger partial charge in [0.1, 0.15) is 5.82 Å². The summed E-state index contributed by atoms with van der Waals surface area (Å²) in [6.45, 7) is 6.18. The molecule has 0 amide bonds. The molecule has 142 valence electrons. The number of hydrogen-bond acceptors (Lipinski definition) is 1.